The normalized spacial score (nSPS) is 22.9. The van der Waals surface area contributed by atoms with Crippen LogP contribution in [-0.4, -0.2) is 47.2 Å². The number of nitrogens with two attached hydrogens (primary N) is 1. The number of benzene rings is 1. The molecule has 0 aromatic heterocycles. The van der Waals surface area contributed by atoms with Crippen molar-refractivity contribution in [3.63, 3.8) is 0 Å². The molecule has 0 aliphatic heterocycles. The first-order valence-electron chi connectivity index (χ1n) is 11.8. The van der Waals surface area contributed by atoms with Crippen molar-refractivity contribution in [2.24, 2.45) is 28.0 Å². The van der Waals surface area contributed by atoms with Gasteiger partial charge in [0.15, 0.2) is 6.61 Å². The fourth-order valence-corrected chi connectivity index (χ4v) is 4.61. The lowest BCUT2D eigenvalue weighted by Gasteiger charge is -2.42. The van der Waals surface area contributed by atoms with E-state index >= 15 is 0 Å². The average Bonchev–Trinajstić information content (AvgIpc) is 2.81. The average molecular weight is 519 g/mol. The second-order valence-electron chi connectivity index (χ2n) is 9.61. The third-order valence-electron chi connectivity index (χ3n) is 7.19. The predicted octanol–water partition coefficient (Wildman–Crippen LogP) is 4.41. The van der Waals surface area contributed by atoms with Gasteiger partial charge in [0.25, 0.3) is 0 Å². The standard InChI is InChI=1S/C27H35ClN2O6/c1-15(10-11-27(5)16(2)7-9-21(31)18(27)4)6-8-19-25(35)20(12-30-13-22(29)32)17(3)24(28)26(19)36-14-23(33)34/h6,10-12,16,18,35H,7-9,13-14H2,1-5H3,(H2,29,32)(H,33,34)/b11-10+,15-6+,30-12?/t16-,18+,27+/m1/s1. The largest absolute Gasteiger partial charge is 0.507 e. The van der Waals surface area contributed by atoms with Crippen LogP contribution >= 0.6 is 11.6 Å². The van der Waals surface area contributed by atoms with Crippen molar-refractivity contribution in [2.45, 2.75) is 53.9 Å². The van der Waals surface area contributed by atoms with Gasteiger partial charge in [0.1, 0.15) is 23.8 Å². The molecule has 1 fully saturated rings. The summed E-state index contributed by atoms with van der Waals surface area (Å²) in [5.74, 6) is -1.37. The molecule has 3 atom stereocenters. The van der Waals surface area contributed by atoms with E-state index in [1.165, 1.54) is 6.21 Å². The number of phenols is 1. The minimum Gasteiger partial charge on any atom is -0.507 e. The Morgan fingerprint density at radius 2 is 2.00 bits per heavy atom. The maximum absolute atomic E-state index is 12.3. The van der Waals surface area contributed by atoms with Gasteiger partial charge in [0.2, 0.25) is 5.91 Å². The zero-order chi connectivity index (χ0) is 27.2. The molecule has 196 valence electrons. The summed E-state index contributed by atoms with van der Waals surface area (Å²) in [4.78, 5) is 38.4. The summed E-state index contributed by atoms with van der Waals surface area (Å²) in [5.41, 5.74) is 6.76. The zero-order valence-corrected chi connectivity index (χ0v) is 22.2. The number of carbonyl (C=O) groups is 3. The minimum absolute atomic E-state index is 0.0706. The molecule has 1 amide bonds. The van der Waals surface area contributed by atoms with Crippen molar-refractivity contribution in [3.8, 4) is 11.5 Å². The van der Waals surface area contributed by atoms with Crippen LogP contribution in [0.3, 0.4) is 0 Å². The van der Waals surface area contributed by atoms with Crippen molar-refractivity contribution >= 4 is 35.5 Å². The Balaban J connectivity index is 2.44. The molecule has 8 nitrogen and oxygen atoms in total. The lowest BCUT2D eigenvalue weighted by Crippen LogP contribution is -2.40. The van der Waals surface area contributed by atoms with Crippen LogP contribution in [0.15, 0.2) is 28.8 Å². The maximum Gasteiger partial charge on any atom is 0.341 e. The number of primary amides is 1. The number of carboxylic acids is 1. The second-order valence-corrected chi connectivity index (χ2v) is 9.98. The molecule has 0 heterocycles. The molecular formula is C27H35ClN2O6. The quantitative estimate of drug-likeness (QED) is 0.309. The lowest BCUT2D eigenvalue weighted by molar-refractivity contribution is -0.139. The van der Waals surface area contributed by atoms with Gasteiger partial charge in [-0.05, 0) is 43.6 Å². The highest BCUT2D eigenvalue weighted by Crippen LogP contribution is 2.45. The number of carboxylic acid groups (broad SMARTS) is 1. The molecule has 1 aliphatic rings. The first-order valence-corrected chi connectivity index (χ1v) is 12.2. The van der Waals surface area contributed by atoms with Crippen LogP contribution < -0.4 is 10.5 Å². The van der Waals surface area contributed by atoms with Crippen molar-refractivity contribution in [2.75, 3.05) is 13.2 Å². The Hall–Kier alpha value is -3.13. The summed E-state index contributed by atoms with van der Waals surface area (Å²) >= 11 is 6.49. The van der Waals surface area contributed by atoms with Gasteiger partial charge in [0, 0.05) is 29.7 Å². The van der Waals surface area contributed by atoms with Crippen molar-refractivity contribution in [1.29, 1.82) is 0 Å². The van der Waals surface area contributed by atoms with Gasteiger partial charge in [-0.1, -0.05) is 56.2 Å². The Morgan fingerprint density at radius 1 is 1.33 bits per heavy atom. The number of hydrogen-bond donors (Lipinski definition) is 3. The summed E-state index contributed by atoms with van der Waals surface area (Å²) in [6.45, 7) is 8.87. The molecule has 1 aromatic rings. The number of aromatic hydroxyl groups is 1. The van der Waals surface area contributed by atoms with Crippen LogP contribution in [-0.2, 0) is 20.8 Å². The van der Waals surface area contributed by atoms with E-state index in [0.717, 1.165) is 12.0 Å². The molecule has 0 unspecified atom stereocenters. The number of hydrogen-bond acceptors (Lipinski definition) is 6. The number of phenolic OH excluding ortho intramolecular Hbond substituents is 1. The van der Waals surface area contributed by atoms with Gasteiger partial charge >= 0.3 is 5.97 Å². The number of aliphatic imine (C=N–C) groups is 1. The van der Waals surface area contributed by atoms with E-state index in [0.29, 0.717) is 23.5 Å². The SMILES string of the molecule is CC(/C=C/[C@@]1(C)[C@H](C)CCC(=O)[C@@H]1C)=C\Cc1c(O)c(C=NCC(N)=O)c(C)c(Cl)c1OCC(=O)O. The van der Waals surface area contributed by atoms with Crippen LogP contribution in [0.4, 0.5) is 0 Å². The van der Waals surface area contributed by atoms with Gasteiger partial charge in [-0.2, -0.15) is 0 Å². The maximum atomic E-state index is 12.3. The Morgan fingerprint density at radius 3 is 2.61 bits per heavy atom. The molecule has 1 saturated carbocycles. The Bertz CT molecular complexity index is 1120. The molecule has 1 aliphatic carbocycles. The fourth-order valence-electron chi connectivity index (χ4n) is 4.34. The van der Waals surface area contributed by atoms with Gasteiger partial charge in [-0.15, -0.1) is 0 Å². The van der Waals surface area contributed by atoms with Crippen molar-refractivity contribution in [1.82, 2.24) is 0 Å². The summed E-state index contributed by atoms with van der Waals surface area (Å²) in [5, 5.41) is 20.2. The first kappa shape index (κ1) is 29.1. The molecular weight excluding hydrogens is 484 g/mol. The lowest BCUT2D eigenvalue weighted by atomic mass is 9.61. The minimum atomic E-state index is -1.19. The summed E-state index contributed by atoms with van der Waals surface area (Å²) in [6.07, 6.45) is 8.87. The van der Waals surface area contributed by atoms with Crippen LogP contribution in [0.25, 0.3) is 0 Å². The topological polar surface area (TPSA) is 139 Å². The van der Waals surface area contributed by atoms with Crippen LogP contribution in [0.2, 0.25) is 5.02 Å². The number of Topliss-reactive ketones (excluding diaryl/α,β-unsaturated/α-hetero) is 1. The van der Waals surface area contributed by atoms with Gasteiger partial charge in [-0.25, -0.2) is 4.79 Å². The summed E-state index contributed by atoms with van der Waals surface area (Å²) in [6, 6.07) is 0. The Labute approximate surface area is 216 Å². The van der Waals surface area contributed by atoms with Gasteiger partial charge in [0.05, 0.1) is 5.02 Å². The summed E-state index contributed by atoms with van der Waals surface area (Å²) in [7, 11) is 0. The van der Waals surface area contributed by atoms with E-state index in [2.05, 4.69) is 24.9 Å². The number of nitrogens with zero attached hydrogens (tertiary/aromatic N) is 1. The number of amides is 1. The highest BCUT2D eigenvalue weighted by atomic mass is 35.5. The molecule has 0 radical (unpaired) electrons. The van der Waals surface area contributed by atoms with Crippen molar-refractivity contribution < 1.29 is 29.3 Å². The molecule has 0 spiro atoms. The van der Waals surface area contributed by atoms with Crippen LogP contribution in [0.1, 0.15) is 57.2 Å². The summed E-state index contributed by atoms with van der Waals surface area (Å²) < 4.78 is 5.44. The number of allylic oxidation sites excluding steroid dienone is 4. The van der Waals surface area contributed by atoms with E-state index in [9.17, 15) is 19.5 Å². The number of ether oxygens (including phenoxy) is 1. The fraction of sp³-hybridized carbons (Fsp3) is 0.481. The second kappa shape index (κ2) is 12.2. The smallest absolute Gasteiger partial charge is 0.341 e. The number of ketones is 1. The monoisotopic (exact) mass is 518 g/mol. The molecule has 1 aromatic carbocycles. The third-order valence-corrected chi connectivity index (χ3v) is 7.65. The molecule has 36 heavy (non-hydrogen) atoms. The first-order chi connectivity index (χ1) is 16.8. The van der Waals surface area contributed by atoms with E-state index < -0.39 is 18.5 Å². The third kappa shape index (κ3) is 6.75. The number of aliphatic carboxylic acids is 1. The number of halogens is 1. The number of carbonyl (C=O) groups excluding carboxylic acids is 2. The Kier molecular flexibility index (Phi) is 9.87. The van der Waals surface area contributed by atoms with E-state index in [1.807, 2.05) is 26.0 Å². The molecule has 4 N–H and O–H groups in total. The van der Waals surface area contributed by atoms with Gasteiger partial charge in [-0.3, -0.25) is 14.6 Å². The van der Waals surface area contributed by atoms with Gasteiger partial charge < -0.3 is 20.7 Å². The van der Waals surface area contributed by atoms with E-state index in [-0.39, 0.29) is 52.2 Å². The van der Waals surface area contributed by atoms with E-state index in [4.69, 9.17) is 27.2 Å². The predicted molar refractivity (Wildman–Crippen MR) is 140 cm³/mol. The molecule has 2 rings (SSSR count). The highest BCUT2D eigenvalue weighted by molar-refractivity contribution is 6.33. The van der Waals surface area contributed by atoms with Crippen molar-refractivity contribution in [3.05, 3.63) is 45.5 Å². The van der Waals surface area contributed by atoms with Crippen LogP contribution in [0.5, 0.6) is 11.5 Å². The molecule has 0 bridgehead atoms. The molecule has 0 saturated heterocycles. The zero-order valence-electron chi connectivity index (χ0n) is 21.4. The number of rotatable bonds is 10. The van der Waals surface area contributed by atoms with E-state index in [1.54, 1.807) is 6.92 Å². The van der Waals surface area contributed by atoms with Crippen LogP contribution in [0, 0.1) is 24.2 Å². The highest BCUT2D eigenvalue weighted by Gasteiger charge is 2.41. The molecule has 9 heteroatoms.